The number of hydrogen-bond acceptors (Lipinski definition) is 5. The lowest BCUT2D eigenvalue weighted by molar-refractivity contribution is 0.520. The summed E-state index contributed by atoms with van der Waals surface area (Å²) in [7, 11) is 0. The maximum absolute atomic E-state index is 6.48. The Morgan fingerprint density at radius 3 is 2.46 bits per heavy atom. The van der Waals surface area contributed by atoms with Gasteiger partial charge in [-0.1, -0.05) is 11.6 Å². The van der Waals surface area contributed by atoms with Gasteiger partial charge in [0, 0.05) is 56.4 Å². The Balaban J connectivity index is 0.00000104. The molecule has 132 valence electrons. The first kappa shape index (κ1) is 19.3. The average Bonchev–Trinajstić information content (AvgIpc) is 2.51. The molecule has 2 fully saturated rings. The van der Waals surface area contributed by atoms with E-state index in [1.807, 2.05) is 6.07 Å². The third-order valence-electron chi connectivity index (χ3n) is 4.42. The van der Waals surface area contributed by atoms with Gasteiger partial charge in [-0.2, -0.15) is 0 Å². The lowest BCUT2D eigenvalue weighted by Gasteiger charge is -2.39. The SMILES string of the molecule is Cl.Cl.NC1CN(c2ccc3nc(N4CCNCC4)c(Cl)cc3c2)C1. The van der Waals surface area contributed by atoms with Crippen molar-refractivity contribution in [3.05, 3.63) is 29.3 Å². The van der Waals surface area contributed by atoms with E-state index in [4.69, 9.17) is 22.3 Å². The van der Waals surface area contributed by atoms with Crippen molar-refractivity contribution in [2.75, 3.05) is 49.1 Å². The van der Waals surface area contributed by atoms with Crippen molar-refractivity contribution < 1.29 is 0 Å². The largest absolute Gasteiger partial charge is 0.368 e. The number of pyridine rings is 1. The van der Waals surface area contributed by atoms with Gasteiger partial charge in [-0.15, -0.1) is 24.8 Å². The van der Waals surface area contributed by atoms with E-state index in [0.29, 0.717) is 6.04 Å². The summed E-state index contributed by atoms with van der Waals surface area (Å²) < 4.78 is 0. The minimum atomic E-state index is 0. The predicted molar refractivity (Wildman–Crippen MR) is 107 cm³/mol. The molecule has 0 unspecified atom stereocenters. The summed E-state index contributed by atoms with van der Waals surface area (Å²) in [5.74, 6) is 0.898. The van der Waals surface area contributed by atoms with Gasteiger partial charge in [-0.05, 0) is 24.3 Å². The highest BCUT2D eigenvalue weighted by molar-refractivity contribution is 6.33. The highest BCUT2D eigenvalue weighted by Gasteiger charge is 2.23. The van der Waals surface area contributed by atoms with Crippen LogP contribution in [0.2, 0.25) is 5.02 Å². The summed E-state index contributed by atoms with van der Waals surface area (Å²) in [6.07, 6.45) is 0. The van der Waals surface area contributed by atoms with Crippen molar-refractivity contribution in [3.63, 3.8) is 0 Å². The fourth-order valence-electron chi connectivity index (χ4n) is 3.15. The zero-order valence-corrected chi connectivity index (χ0v) is 15.6. The van der Waals surface area contributed by atoms with E-state index in [-0.39, 0.29) is 24.8 Å². The van der Waals surface area contributed by atoms with Crippen molar-refractivity contribution in [2.45, 2.75) is 6.04 Å². The van der Waals surface area contributed by atoms with Crippen molar-refractivity contribution in [3.8, 4) is 0 Å². The molecule has 24 heavy (non-hydrogen) atoms. The summed E-state index contributed by atoms with van der Waals surface area (Å²) in [6.45, 7) is 5.69. The van der Waals surface area contributed by atoms with Crippen molar-refractivity contribution >= 4 is 58.8 Å². The fraction of sp³-hybridized carbons (Fsp3) is 0.438. The van der Waals surface area contributed by atoms with Crippen LogP contribution in [0.15, 0.2) is 24.3 Å². The molecule has 3 heterocycles. The molecular weight excluding hydrogens is 369 g/mol. The van der Waals surface area contributed by atoms with Crippen LogP contribution in [-0.2, 0) is 0 Å². The van der Waals surface area contributed by atoms with E-state index in [2.05, 4.69) is 33.3 Å². The van der Waals surface area contributed by atoms with Gasteiger partial charge in [0.05, 0.1) is 10.5 Å². The maximum atomic E-state index is 6.48. The molecule has 0 amide bonds. The van der Waals surface area contributed by atoms with Crippen molar-refractivity contribution in [2.24, 2.45) is 5.73 Å². The van der Waals surface area contributed by atoms with E-state index in [1.165, 1.54) is 5.69 Å². The van der Waals surface area contributed by atoms with E-state index < -0.39 is 0 Å². The van der Waals surface area contributed by atoms with Crippen LogP contribution in [0.5, 0.6) is 0 Å². The molecule has 0 spiro atoms. The molecule has 3 N–H and O–H groups in total. The number of fused-ring (bicyclic) bond motifs is 1. The molecule has 8 heteroatoms. The minimum Gasteiger partial charge on any atom is -0.368 e. The molecule has 2 aliphatic rings. The van der Waals surface area contributed by atoms with Crippen LogP contribution >= 0.6 is 36.4 Å². The van der Waals surface area contributed by atoms with Crippen LogP contribution in [0.3, 0.4) is 0 Å². The van der Waals surface area contributed by atoms with E-state index in [0.717, 1.165) is 61.0 Å². The number of hydrogen-bond donors (Lipinski definition) is 2. The van der Waals surface area contributed by atoms with Crippen LogP contribution in [-0.4, -0.2) is 50.3 Å². The number of nitrogens with one attached hydrogen (secondary N) is 1. The first-order chi connectivity index (χ1) is 10.7. The summed E-state index contributed by atoms with van der Waals surface area (Å²) in [4.78, 5) is 9.31. The number of aromatic nitrogens is 1. The summed E-state index contributed by atoms with van der Waals surface area (Å²) in [5, 5.41) is 5.16. The van der Waals surface area contributed by atoms with Crippen LogP contribution in [0, 0.1) is 0 Å². The molecule has 0 radical (unpaired) electrons. The second kappa shape index (κ2) is 7.93. The number of benzene rings is 1. The van der Waals surface area contributed by atoms with Crippen molar-refractivity contribution in [1.82, 2.24) is 10.3 Å². The summed E-state index contributed by atoms with van der Waals surface area (Å²) in [6, 6.07) is 8.69. The van der Waals surface area contributed by atoms with E-state index in [9.17, 15) is 0 Å². The topological polar surface area (TPSA) is 57.4 Å². The van der Waals surface area contributed by atoms with E-state index >= 15 is 0 Å². The monoisotopic (exact) mass is 389 g/mol. The molecule has 0 atom stereocenters. The fourth-order valence-corrected chi connectivity index (χ4v) is 3.43. The van der Waals surface area contributed by atoms with Gasteiger partial charge >= 0.3 is 0 Å². The molecule has 0 aliphatic carbocycles. The van der Waals surface area contributed by atoms with Gasteiger partial charge in [0.2, 0.25) is 0 Å². The second-order valence-electron chi connectivity index (χ2n) is 6.07. The van der Waals surface area contributed by atoms with Gasteiger partial charge in [0.15, 0.2) is 0 Å². The number of nitrogens with two attached hydrogens (primary N) is 1. The molecule has 1 aromatic heterocycles. The van der Waals surface area contributed by atoms with Crippen LogP contribution in [0.25, 0.3) is 10.9 Å². The minimum absolute atomic E-state index is 0. The lowest BCUT2D eigenvalue weighted by Crippen LogP contribution is -2.55. The molecular formula is C16H22Cl3N5. The molecule has 0 bridgehead atoms. The maximum Gasteiger partial charge on any atom is 0.148 e. The molecule has 0 saturated carbocycles. The number of rotatable bonds is 2. The normalized spacial score (nSPS) is 17.9. The Morgan fingerprint density at radius 1 is 1.08 bits per heavy atom. The van der Waals surface area contributed by atoms with Gasteiger partial charge < -0.3 is 20.9 Å². The number of piperazine rings is 1. The number of nitrogens with zero attached hydrogens (tertiary/aromatic N) is 3. The number of anilines is 2. The summed E-state index contributed by atoms with van der Waals surface area (Å²) in [5.41, 5.74) is 8.05. The third-order valence-corrected chi connectivity index (χ3v) is 4.70. The highest BCUT2D eigenvalue weighted by atomic mass is 35.5. The highest BCUT2D eigenvalue weighted by Crippen LogP contribution is 2.31. The van der Waals surface area contributed by atoms with Crippen molar-refractivity contribution in [1.29, 1.82) is 0 Å². The van der Waals surface area contributed by atoms with E-state index in [1.54, 1.807) is 0 Å². The zero-order chi connectivity index (χ0) is 15.1. The zero-order valence-electron chi connectivity index (χ0n) is 13.2. The smallest absolute Gasteiger partial charge is 0.148 e. The first-order valence-electron chi connectivity index (χ1n) is 7.77. The second-order valence-corrected chi connectivity index (χ2v) is 6.48. The lowest BCUT2D eigenvalue weighted by atomic mass is 10.1. The van der Waals surface area contributed by atoms with Gasteiger partial charge in [-0.3, -0.25) is 0 Å². The van der Waals surface area contributed by atoms with Gasteiger partial charge in [-0.25, -0.2) is 4.98 Å². The van der Waals surface area contributed by atoms with Crippen LogP contribution in [0.1, 0.15) is 0 Å². The predicted octanol–water partition coefficient (Wildman–Crippen LogP) is 2.29. The van der Waals surface area contributed by atoms with Crippen LogP contribution in [0.4, 0.5) is 11.5 Å². The molecule has 2 saturated heterocycles. The Labute approximate surface area is 159 Å². The molecule has 1 aromatic carbocycles. The Morgan fingerprint density at radius 2 is 1.79 bits per heavy atom. The Hall–Kier alpha value is -0.980. The first-order valence-corrected chi connectivity index (χ1v) is 8.15. The summed E-state index contributed by atoms with van der Waals surface area (Å²) >= 11 is 6.48. The molecule has 2 aliphatic heterocycles. The average molecular weight is 391 g/mol. The standard InChI is InChI=1S/C16H20ClN5.2ClH/c17-14-8-11-7-13(22-9-12(18)10-22)1-2-15(11)20-16(14)21-5-3-19-4-6-21;;/h1-2,7-8,12,19H,3-6,9-10,18H2;2*1H. The van der Waals surface area contributed by atoms with Gasteiger partial charge in [0.1, 0.15) is 5.82 Å². The molecule has 2 aromatic rings. The molecule has 4 rings (SSSR count). The molecule has 5 nitrogen and oxygen atoms in total. The third kappa shape index (κ3) is 3.65. The van der Waals surface area contributed by atoms with Crippen LogP contribution < -0.4 is 20.9 Å². The van der Waals surface area contributed by atoms with Gasteiger partial charge in [0.25, 0.3) is 0 Å². The quantitative estimate of drug-likeness (QED) is 0.824. The Bertz CT molecular complexity index is 699. The Kier molecular flexibility index (Phi) is 6.39. The number of halogens is 3.